The van der Waals surface area contributed by atoms with Crippen molar-refractivity contribution in [2.24, 2.45) is 11.3 Å². The molecule has 1 aromatic carbocycles. The number of aryl methyl sites for hydroxylation is 2. The van der Waals surface area contributed by atoms with Gasteiger partial charge < -0.3 is 4.74 Å². The first-order valence-electron chi connectivity index (χ1n) is 6.84. The predicted octanol–water partition coefficient (Wildman–Crippen LogP) is 2.74. The molecule has 0 heterocycles. The Morgan fingerprint density at radius 3 is 2.26 bits per heavy atom. The highest BCUT2D eigenvalue weighted by Crippen LogP contribution is 2.26. The Morgan fingerprint density at radius 2 is 1.84 bits per heavy atom. The van der Waals surface area contributed by atoms with Crippen LogP contribution >= 0.6 is 0 Å². The second kappa shape index (κ2) is 6.51. The zero-order chi connectivity index (χ0) is 14.6. The number of nitrogens with two attached hydrogens (primary N) is 1. The summed E-state index contributed by atoms with van der Waals surface area (Å²) in [5.74, 6) is 5.73. The van der Waals surface area contributed by atoms with Gasteiger partial charge in [0.05, 0.1) is 12.1 Å². The lowest BCUT2D eigenvalue weighted by Crippen LogP contribution is -2.51. The van der Waals surface area contributed by atoms with Crippen LogP contribution in [0.2, 0.25) is 0 Å². The summed E-state index contributed by atoms with van der Waals surface area (Å²) in [6, 6.07) is 6.67. The molecule has 0 saturated heterocycles. The summed E-state index contributed by atoms with van der Waals surface area (Å²) in [5, 5.41) is 0. The SMILES string of the molecule is COC(C(Cc1ccc(C)c(C)c1)NN)C(C)(C)C. The largest absolute Gasteiger partial charge is 0.379 e. The number of benzene rings is 1. The van der Waals surface area contributed by atoms with E-state index in [1.807, 2.05) is 0 Å². The van der Waals surface area contributed by atoms with Crippen molar-refractivity contribution < 1.29 is 4.74 Å². The lowest BCUT2D eigenvalue weighted by Gasteiger charge is -2.35. The van der Waals surface area contributed by atoms with Gasteiger partial charge in [-0.25, -0.2) is 0 Å². The minimum absolute atomic E-state index is 0.0472. The Morgan fingerprint density at radius 1 is 1.21 bits per heavy atom. The number of hydrogen-bond acceptors (Lipinski definition) is 3. The molecule has 0 amide bonds. The fourth-order valence-electron chi connectivity index (χ4n) is 2.56. The zero-order valence-corrected chi connectivity index (χ0v) is 13.1. The zero-order valence-electron chi connectivity index (χ0n) is 13.1. The molecule has 0 aromatic heterocycles. The molecule has 1 rings (SSSR count). The Hall–Kier alpha value is -0.900. The van der Waals surface area contributed by atoms with Gasteiger partial charge in [0, 0.05) is 7.11 Å². The minimum atomic E-state index is 0.0472. The van der Waals surface area contributed by atoms with E-state index in [9.17, 15) is 0 Å². The van der Waals surface area contributed by atoms with Crippen molar-refractivity contribution in [1.82, 2.24) is 5.43 Å². The van der Waals surface area contributed by atoms with E-state index in [1.54, 1.807) is 7.11 Å². The number of hydrazine groups is 1. The smallest absolute Gasteiger partial charge is 0.0789 e. The first-order chi connectivity index (χ1) is 8.79. The van der Waals surface area contributed by atoms with Gasteiger partial charge in [-0.05, 0) is 42.4 Å². The maximum Gasteiger partial charge on any atom is 0.0789 e. The van der Waals surface area contributed by atoms with Crippen molar-refractivity contribution in [3.8, 4) is 0 Å². The van der Waals surface area contributed by atoms with Gasteiger partial charge in [-0.1, -0.05) is 39.0 Å². The van der Waals surface area contributed by atoms with Crippen molar-refractivity contribution in [3.63, 3.8) is 0 Å². The molecule has 2 unspecified atom stereocenters. The van der Waals surface area contributed by atoms with Crippen LogP contribution in [0.4, 0.5) is 0 Å². The van der Waals surface area contributed by atoms with Gasteiger partial charge >= 0.3 is 0 Å². The van der Waals surface area contributed by atoms with E-state index >= 15 is 0 Å². The van der Waals surface area contributed by atoms with Gasteiger partial charge in [-0.15, -0.1) is 0 Å². The standard InChI is InChI=1S/C16H28N2O/c1-11-7-8-13(9-12(11)2)10-14(18-17)15(19-6)16(3,4)5/h7-9,14-15,18H,10,17H2,1-6H3. The molecule has 3 heteroatoms. The van der Waals surface area contributed by atoms with Crippen LogP contribution in [-0.2, 0) is 11.2 Å². The van der Waals surface area contributed by atoms with E-state index < -0.39 is 0 Å². The summed E-state index contributed by atoms with van der Waals surface area (Å²) in [5.41, 5.74) is 6.89. The van der Waals surface area contributed by atoms with E-state index in [0.717, 1.165) is 6.42 Å². The quantitative estimate of drug-likeness (QED) is 0.635. The van der Waals surface area contributed by atoms with Crippen LogP contribution in [-0.4, -0.2) is 19.3 Å². The van der Waals surface area contributed by atoms with Crippen molar-refractivity contribution in [1.29, 1.82) is 0 Å². The summed E-state index contributed by atoms with van der Waals surface area (Å²) in [6.45, 7) is 10.8. The first-order valence-corrected chi connectivity index (χ1v) is 6.84. The van der Waals surface area contributed by atoms with E-state index in [4.69, 9.17) is 10.6 Å². The van der Waals surface area contributed by atoms with Gasteiger partial charge in [0.1, 0.15) is 0 Å². The topological polar surface area (TPSA) is 47.3 Å². The number of rotatable bonds is 5. The monoisotopic (exact) mass is 264 g/mol. The van der Waals surface area contributed by atoms with E-state index in [1.165, 1.54) is 16.7 Å². The van der Waals surface area contributed by atoms with E-state index in [0.29, 0.717) is 0 Å². The van der Waals surface area contributed by atoms with Crippen LogP contribution in [0.5, 0.6) is 0 Å². The molecule has 19 heavy (non-hydrogen) atoms. The van der Waals surface area contributed by atoms with E-state index in [2.05, 4.69) is 58.2 Å². The first kappa shape index (κ1) is 16.2. The Labute approximate surface area is 117 Å². The molecule has 0 fully saturated rings. The summed E-state index contributed by atoms with van der Waals surface area (Å²) in [6.07, 6.45) is 0.937. The molecule has 1 aromatic rings. The van der Waals surface area contributed by atoms with Crippen molar-refractivity contribution in [2.45, 2.75) is 53.2 Å². The van der Waals surface area contributed by atoms with Gasteiger partial charge in [0.25, 0.3) is 0 Å². The third-order valence-corrected chi connectivity index (χ3v) is 3.71. The molecular weight excluding hydrogens is 236 g/mol. The number of nitrogens with one attached hydrogen (secondary N) is 1. The van der Waals surface area contributed by atoms with Crippen LogP contribution in [0, 0.1) is 19.3 Å². The molecule has 108 valence electrons. The average molecular weight is 264 g/mol. The fraction of sp³-hybridized carbons (Fsp3) is 0.625. The van der Waals surface area contributed by atoms with Crippen LogP contribution in [0.3, 0.4) is 0 Å². The normalized spacial score (nSPS) is 15.3. The Bertz CT molecular complexity index is 410. The molecular formula is C16H28N2O. The highest BCUT2D eigenvalue weighted by molar-refractivity contribution is 5.30. The van der Waals surface area contributed by atoms with Gasteiger partial charge in [-0.2, -0.15) is 0 Å². The van der Waals surface area contributed by atoms with E-state index in [-0.39, 0.29) is 17.6 Å². The summed E-state index contributed by atoms with van der Waals surface area (Å²) in [4.78, 5) is 0. The van der Waals surface area contributed by atoms with Crippen molar-refractivity contribution in [2.75, 3.05) is 7.11 Å². The number of methoxy groups -OCH3 is 1. The predicted molar refractivity (Wildman–Crippen MR) is 81.0 cm³/mol. The maximum atomic E-state index is 5.73. The molecule has 0 bridgehead atoms. The molecule has 2 atom stereocenters. The maximum absolute atomic E-state index is 5.73. The lowest BCUT2D eigenvalue weighted by molar-refractivity contribution is -0.0110. The van der Waals surface area contributed by atoms with Crippen LogP contribution in [0.15, 0.2) is 18.2 Å². The van der Waals surface area contributed by atoms with Crippen LogP contribution in [0.25, 0.3) is 0 Å². The summed E-state index contributed by atoms with van der Waals surface area (Å²) in [7, 11) is 1.75. The fourth-order valence-corrected chi connectivity index (χ4v) is 2.56. The number of ether oxygens (including phenoxy) is 1. The summed E-state index contributed by atoms with van der Waals surface area (Å²) < 4.78 is 5.65. The Kier molecular flexibility index (Phi) is 5.53. The molecule has 0 aliphatic carbocycles. The molecule has 0 spiro atoms. The minimum Gasteiger partial charge on any atom is -0.379 e. The number of hydrogen-bond donors (Lipinski definition) is 2. The third kappa shape index (κ3) is 4.30. The molecule has 0 aliphatic rings. The lowest BCUT2D eigenvalue weighted by atomic mass is 9.82. The van der Waals surface area contributed by atoms with Gasteiger partial charge in [0.2, 0.25) is 0 Å². The molecule has 0 aliphatic heterocycles. The Balaban J connectivity index is 2.89. The molecule has 3 N–H and O–H groups in total. The second-order valence-electron chi connectivity index (χ2n) is 6.42. The molecule has 0 radical (unpaired) electrons. The van der Waals surface area contributed by atoms with Gasteiger partial charge in [0.15, 0.2) is 0 Å². The van der Waals surface area contributed by atoms with Crippen molar-refractivity contribution in [3.05, 3.63) is 34.9 Å². The van der Waals surface area contributed by atoms with Crippen LogP contribution < -0.4 is 11.3 Å². The average Bonchev–Trinajstić information content (AvgIpc) is 2.31. The highest BCUT2D eigenvalue weighted by atomic mass is 16.5. The third-order valence-electron chi connectivity index (χ3n) is 3.71. The van der Waals surface area contributed by atoms with Crippen molar-refractivity contribution >= 4 is 0 Å². The highest BCUT2D eigenvalue weighted by Gasteiger charge is 2.31. The molecule has 0 saturated carbocycles. The summed E-state index contributed by atoms with van der Waals surface area (Å²) >= 11 is 0. The molecule has 3 nitrogen and oxygen atoms in total. The second-order valence-corrected chi connectivity index (χ2v) is 6.42. The van der Waals surface area contributed by atoms with Gasteiger partial charge in [-0.3, -0.25) is 11.3 Å². The van der Waals surface area contributed by atoms with Crippen LogP contribution in [0.1, 0.15) is 37.5 Å².